The van der Waals surface area contributed by atoms with Crippen LogP contribution >= 0.6 is 7.94 Å². The van der Waals surface area contributed by atoms with Gasteiger partial charge >= 0.3 is 70.7 Å². The number of aliphatic hydroxyl groups is 1. The average Bonchev–Trinajstić information content (AvgIpc) is 2.68. The second-order valence-corrected chi connectivity index (χ2v) is 9.69. The molecule has 0 saturated heterocycles. The van der Waals surface area contributed by atoms with E-state index in [-0.39, 0.29) is 65.5 Å². The number of hydrogen-bond acceptors (Lipinski definition) is 6. The van der Waals surface area contributed by atoms with E-state index in [0.717, 1.165) is 38.5 Å². The molecule has 0 bridgehead atoms. The normalized spacial score (nSPS) is 12.8. The van der Waals surface area contributed by atoms with Crippen molar-refractivity contribution >= 4 is 13.9 Å². The summed E-state index contributed by atoms with van der Waals surface area (Å²) in [5, 5.41) is 9.34. The first-order valence-corrected chi connectivity index (χ1v) is 13.0. The Kier molecular flexibility index (Phi) is 27.9. The summed E-state index contributed by atoms with van der Waals surface area (Å²) in [5.41, 5.74) is -4.57. The van der Waals surface area contributed by atoms with E-state index in [4.69, 9.17) is 0 Å². The van der Waals surface area contributed by atoms with Crippen molar-refractivity contribution in [2.45, 2.75) is 115 Å². The number of unbranched alkanes of at least 4 members (excludes halogenated alkanes) is 11. The van der Waals surface area contributed by atoms with Gasteiger partial charge in [0.25, 0.3) is 0 Å². The van der Waals surface area contributed by atoms with Gasteiger partial charge in [-0.1, -0.05) is 78.4 Å². The van der Waals surface area contributed by atoms with Crippen LogP contribution in [0, 0.1) is 0 Å². The summed E-state index contributed by atoms with van der Waals surface area (Å²) in [6, 6.07) is 0. The largest absolute Gasteiger partial charge is 1.00 e. The van der Waals surface area contributed by atoms with E-state index in [1.54, 1.807) is 0 Å². The van der Waals surface area contributed by atoms with Crippen LogP contribution in [0.15, 0.2) is 12.2 Å². The van der Waals surface area contributed by atoms with Crippen LogP contribution in [0.4, 0.5) is 8.78 Å². The molecule has 0 heterocycles. The Balaban J connectivity index is -0.00000450. The van der Waals surface area contributed by atoms with Gasteiger partial charge in [0.2, 0.25) is 0 Å². The smallest absolute Gasteiger partial charge is 0.683 e. The molecule has 0 unspecified atom stereocenters. The van der Waals surface area contributed by atoms with Crippen LogP contribution in [-0.4, -0.2) is 29.5 Å². The molecule has 1 atom stereocenters. The predicted octanol–water partition coefficient (Wildman–Crippen LogP) is -2.24. The Labute approximate surface area is 243 Å². The molecule has 0 aliphatic carbocycles. The zero-order valence-electron chi connectivity index (χ0n) is 20.7. The maximum atomic E-state index is 13.0. The van der Waals surface area contributed by atoms with Crippen molar-refractivity contribution in [3.63, 3.8) is 0 Å². The molecule has 0 saturated carbocycles. The van der Waals surface area contributed by atoms with Crippen LogP contribution in [0.25, 0.3) is 0 Å². The molecule has 0 aromatic rings. The number of halogens is 2. The Hall–Kier alpha value is 1.34. The minimum atomic E-state index is -6.15. The molecule has 184 valence electrons. The summed E-state index contributed by atoms with van der Waals surface area (Å²) in [5.74, 6) is -0.646. The minimum Gasteiger partial charge on any atom is -0.683 e. The summed E-state index contributed by atoms with van der Waals surface area (Å²) in [7, 11) is -6.15. The minimum absolute atomic E-state index is 0. The van der Waals surface area contributed by atoms with Crippen molar-refractivity contribution in [2.24, 2.45) is 0 Å². The average molecular weight is 514 g/mol. The van der Waals surface area contributed by atoms with Gasteiger partial charge in [-0.3, -0.25) is 4.79 Å². The van der Waals surface area contributed by atoms with E-state index in [1.165, 1.54) is 38.5 Å². The summed E-state index contributed by atoms with van der Waals surface area (Å²) in [6.45, 7) is 1.46. The molecule has 0 amide bonds. The van der Waals surface area contributed by atoms with E-state index in [1.807, 2.05) is 0 Å². The monoisotopic (exact) mass is 514 g/mol. The Bertz CT molecular complexity index is 494. The molecule has 0 aromatic heterocycles. The van der Waals surface area contributed by atoms with Crippen molar-refractivity contribution in [1.82, 2.24) is 0 Å². The summed E-state index contributed by atoms with van der Waals surface area (Å²) < 4.78 is 30.7. The molecule has 1 N–H and O–H groups in total. The molecule has 0 rings (SSSR count). The van der Waals surface area contributed by atoms with Crippen LogP contribution in [0.2, 0.25) is 0 Å². The van der Waals surface area contributed by atoms with E-state index in [0.29, 0.717) is 6.42 Å². The fourth-order valence-electron chi connectivity index (χ4n) is 3.06. The Morgan fingerprint density at radius 3 is 1.85 bits per heavy atom. The first-order valence-electron chi connectivity index (χ1n) is 11.5. The summed E-state index contributed by atoms with van der Waals surface area (Å²) in [4.78, 5) is 42.7. The van der Waals surface area contributed by atoms with Crippen molar-refractivity contribution in [3.8, 4) is 0 Å². The number of alkyl halides is 2. The topological polar surface area (TPSA) is 116 Å². The van der Waals surface area contributed by atoms with E-state index < -0.39 is 38.7 Å². The van der Waals surface area contributed by atoms with Gasteiger partial charge in [-0.05, 0) is 32.1 Å². The maximum Gasteiger partial charge on any atom is 1.00 e. The number of esters is 1. The van der Waals surface area contributed by atoms with Gasteiger partial charge in [0.1, 0.15) is 6.61 Å². The standard InChI is InChI=1S/C22H41F2O6P.2Na/c1-2-3-4-5-6-7-8-9-10-11-12-13-14-15-16-17-21(26)30-19-20(25)18-22(23,24)31(27,28)29;;/h9-10,20,25H,2-8,11-19H2,1H3,(H2,27,28,29);;/q;2*+1/p-2/b10-9-;;/t20-;;/m0../s1. The zero-order valence-corrected chi connectivity index (χ0v) is 25.6. The van der Waals surface area contributed by atoms with Crippen LogP contribution in [0.3, 0.4) is 0 Å². The first kappa shape index (κ1) is 38.9. The Morgan fingerprint density at radius 1 is 0.909 bits per heavy atom. The predicted molar refractivity (Wildman–Crippen MR) is 113 cm³/mol. The first-order chi connectivity index (χ1) is 14.6. The van der Waals surface area contributed by atoms with Gasteiger partial charge in [0, 0.05) is 6.42 Å². The number of rotatable bonds is 20. The SMILES string of the molecule is CCCCCCCC/C=C\CCCCCCCC(=O)OC[C@@H](O)CC(F)(F)[P+]([O-])([O-])[O-].[Na+].[Na+]. The molecule has 0 fully saturated rings. The van der Waals surface area contributed by atoms with Crippen LogP contribution in [-0.2, 0) is 9.53 Å². The number of allylic oxidation sites excluding steroid dienone is 2. The molecular formula is C22H39F2Na2O6P. The number of hydrogen-bond donors (Lipinski definition) is 1. The van der Waals surface area contributed by atoms with Gasteiger partial charge in [-0.25, -0.2) is 0 Å². The van der Waals surface area contributed by atoms with Gasteiger partial charge in [-0.15, -0.1) is 0 Å². The van der Waals surface area contributed by atoms with Crippen LogP contribution in [0.1, 0.15) is 103 Å². The maximum absolute atomic E-state index is 13.0. The fourth-order valence-corrected chi connectivity index (χ4v) is 3.49. The molecule has 33 heavy (non-hydrogen) atoms. The summed E-state index contributed by atoms with van der Waals surface area (Å²) >= 11 is 0. The number of aliphatic hydroxyl groups excluding tert-OH is 1. The molecule has 6 nitrogen and oxygen atoms in total. The van der Waals surface area contributed by atoms with Gasteiger partial charge in [0.05, 0.1) is 12.5 Å². The molecule has 0 spiro atoms. The fraction of sp³-hybridized carbons (Fsp3) is 0.864. The van der Waals surface area contributed by atoms with Crippen molar-refractivity contribution in [2.75, 3.05) is 6.61 Å². The molecule has 0 aliphatic rings. The van der Waals surface area contributed by atoms with Gasteiger partial charge in [-0.2, -0.15) is 8.78 Å². The third-order valence-corrected chi connectivity index (χ3v) is 5.95. The second-order valence-electron chi connectivity index (χ2n) is 8.04. The van der Waals surface area contributed by atoms with Crippen LogP contribution < -0.4 is 73.8 Å². The molecule has 11 heteroatoms. The third kappa shape index (κ3) is 23.5. The second kappa shape index (κ2) is 23.7. The van der Waals surface area contributed by atoms with Gasteiger partial charge in [0.15, 0.2) is 0 Å². The number of carbonyl (C=O) groups is 1. The zero-order chi connectivity index (χ0) is 23.6. The molecule has 0 aliphatic heterocycles. The van der Waals surface area contributed by atoms with Crippen molar-refractivity contribution < 1.29 is 97.2 Å². The van der Waals surface area contributed by atoms with E-state index in [2.05, 4.69) is 23.8 Å². The number of carbonyl (C=O) groups excluding carboxylic acids is 1. The van der Waals surface area contributed by atoms with E-state index in [9.17, 15) is 33.4 Å². The summed E-state index contributed by atoms with van der Waals surface area (Å²) in [6.07, 6.45) is 15.7. The molecule has 0 radical (unpaired) electrons. The molecular weight excluding hydrogens is 475 g/mol. The third-order valence-electron chi connectivity index (χ3n) is 4.96. The number of ether oxygens (including phenoxy) is 1. The van der Waals surface area contributed by atoms with E-state index >= 15 is 0 Å². The van der Waals surface area contributed by atoms with Crippen LogP contribution in [0.5, 0.6) is 0 Å². The van der Waals surface area contributed by atoms with Crippen molar-refractivity contribution in [3.05, 3.63) is 12.2 Å². The quantitative estimate of drug-likeness (QED) is 0.0646. The van der Waals surface area contributed by atoms with Gasteiger partial charge < -0.3 is 24.5 Å². The Morgan fingerprint density at radius 2 is 1.36 bits per heavy atom. The van der Waals surface area contributed by atoms with Crippen molar-refractivity contribution in [1.29, 1.82) is 0 Å². The molecule has 0 aromatic carbocycles.